The third-order valence-corrected chi connectivity index (χ3v) is 2.64. The summed E-state index contributed by atoms with van der Waals surface area (Å²) in [5, 5.41) is 18.2. The smallest absolute Gasteiger partial charge is 0.296 e. The third kappa shape index (κ3) is 2.82. The molecule has 0 unspecified atom stereocenters. The van der Waals surface area contributed by atoms with E-state index in [1.807, 2.05) is 19.3 Å². The highest BCUT2D eigenvalue weighted by Gasteiger charge is 2.17. The van der Waals surface area contributed by atoms with Crippen molar-refractivity contribution in [2.24, 2.45) is 7.05 Å². The van der Waals surface area contributed by atoms with Crippen LogP contribution < -0.4 is 10.1 Å². The van der Waals surface area contributed by atoms with Crippen molar-refractivity contribution in [1.82, 2.24) is 9.78 Å². The number of nitrogens with zero attached hydrogens (tertiary/aromatic N) is 3. The molecule has 0 saturated heterocycles. The Hall–Kier alpha value is -2.57. The van der Waals surface area contributed by atoms with Gasteiger partial charge in [-0.1, -0.05) is 6.07 Å². The van der Waals surface area contributed by atoms with E-state index < -0.39 is 4.92 Å². The summed E-state index contributed by atoms with van der Waals surface area (Å²) in [5.74, 6) is 0.435. The van der Waals surface area contributed by atoms with Gasteiger partial charge in [-0.15, -0.1) is 0 Å². The molecule has 0 atom stereocenters. The van der Waals surface area contributed by atoms with E-state index in [9.17, 15) is 10.1 Å². The maximum absolute atomic E-state index is 11.0. The highest BCUT2D eigenvalue weighted by Crippen LogP contribution is 2.34. The Bertz CT molecular complexity index is 594. The molecule has 7 nitrogen and oxygen atoms in total. The second-order valence-electron chi connectivity index (χ2n) is 3.95. The lowest BCUT2D eigenvalue weighted by atomic mass is 10.2. The molecule has 19 heavy (non-hydrogen) atoms. The molecule has 1 aromatic heterocycles. The van der Waals surface area contributed by atoms with Gasteiger partial charge in [0.25, 0.3) is 5.69 Å². The molecule has 0 fully saturated rings. The lowest BCUT2D eigenvalue weighted by Crippen LogP contribution is -2.05. The fraction of sp³-hybridized carbons (Fsp3) is 0.250. The number of aromatic nitrogens is 2. The van der Waals surface area contributed by atoms with E-state index in [0.717, 1.165) is 5.69 Å². The van der Waals surface area contributed by atoms with Gasteiger partial charge < -0.3 is 10.1 Å². The number of hydrogen-bond acceptors (Lipinski definition) is 5. The number of rotatable bonds is 5. The predicted molar refractivity (Wildman–Crippen MR) is 70.2 cm³/mol. The van der Waals surface area contributed by atoms with Crippen LogP contribution >= 0.6 is 0 Å². The van der Waals surface area contributed by atoms with Gasteiger partial charge in [-0.3, -0.25) is 14.8 Å². The van der Waals surface area contributed by atoms with Crippen molar-refractivity contribution in [3.63, 3.8) is 0 Å². The van der Waals surface area contributed by atoms with Gasteiger partial charge in [0.1, 0.15) is 5.75 Å². The van der Waals surface area contributed by atoms with Crippen molar-refractivity contribution in [1.29, 1.82) is 0 Å². The molecule has 1 heterocycles. The van der Waals surface area contributed by atoms with E-state index in [-0.39, 0.29) is 5.69 Å². The van der Waals surface area contributed by atoms with Crippen molar-refractivity contribution in [3.8, 4) is 5.75 Å². The Labute approximate surface area is 110 Å². The summed E-state index contributed by atoms with van der Waals surface area (Å²) >= 11 is 0. The Morgan fingerprint density at radius 3 is 2.84 bits per heavy atom. The molecule has 0 aliphatic carbocycles. The first-order chi connectivity index (χ1) is 9.11. The summed E-state index contributed by atoms with van der Waals surface area (Å²) < 4.78 is 6.81. The SMILES string of the molecule is COc1cccc([N+](=O)[O-])c1NCc1ccn(C)n1. The van der Waals surface area contributed by atoms with Crippen LogP contribution in [-0.2, 0) is 13.6 Å². The molecule has 2 rings (SSSR count). The molecular formula is C12H14N4O3. The second kappa shape index (κ2) is 5.38. The number of nitrogens with one attached hydrogen (secondary N) is 1. The van der Waals surface area contributed by atoms with Gasteiger partial charge in [-0.25, -0.2) is 0 Å². The van der Waals surface area contributed by atoms with Crippen molar-refractivity contribution in [2.75, 3.05) is 12.4 Å². The fourth-order valence-corrected chi connectivity index (χ4v) is 1.76. The lowest BCUT2D eigenvalue weighted by molar-refractivity contribution is -0.384. The number of nitro benzene ring substituents is 1. The van der Waals surface area contributed by atoms with Gasteiger partial charge in [0.2, 0.25) is 0 Å². The zero-order valence-electron chi connectivity index (χ0n) is 10.7. The molecule has 100 valence electrons. The third-order valence-electron chi connectivity index (χ3n) is 2.64. The zero-order valence-corrected chi connectivity index (χ0v) is 10.7. The van der Waals surface area contributed by atoms with Crippen LogP contribution in [0.25, 0.3) is 0 Å². The first-order valence-corrected chi connectivity index (χ1v) is 5.65. The van der Waals surface area contributed by atoms with Gasteiger partial charge >= 0.3 is 0 Å². The molecule has 0 aliphatic heterocycles. The summed E-state index contributed by atoms with van der Waals surface area (Å²) in [6.07, 6.45) is 1.81. The standard InChI is InChI=1S/C12H14N4O3/c1-15-7-6-9(14-15)8-13-12-10(16(17)18)4-3-5-11(12)19-2/h3-7,13H,8H2,1-2H3. The van der Waals surface area contributed by atoms with E-state index in [0.29, 0.717) is 18.0 Å². The maximum Gasteiger partial charge on any atom is 0.296 e. The van der Waals surface area contributed by atoms with E-state index >= 15 is 0 Å². The summed E-state index contributed by atoms with van der Waals surface area (Å²) in [4.78, 5) is 10.6. The largest absolute Gasteiger partial charge is 0.494 e. The monoisotopic (exact) mass is 262 g/mol. The van der Waals surface area contributed by atoms with Crippen LogP contribution in [0.4, 0.5) is 11.4 Å². The van der Waals surface area contributed by atoms with Gasteiger partial charge in [-0.05, 0) is 12.1 Å². The number of anilines is 1. The van der Waals surface area contributed by atoms with E-state index in [2.05, 4.69) is 10.4 Å². The average molecular weight is 262 g/mol. The van der Waals surface area contributed by atoms with Crippen LogP contribution in [0, 0.1) is 10.1 Å². The second-order valence-corrected chi connectivity index (χ2v) is 3.95. The quantitative estimate of drug-likeness (QED) is 0.657. The highest BCUT2D eigenvalue weighted by atomic mass is 16.6. The number of hydrogen-bond donors (Lipinski definition) is 1. The van der Waals surface area contributed by atoms with Gasteiger partial charge in [0.05, 0.1) is 24.3 Å². The first-order valence-electron chi connectivity index (χ1n) is 5.65. The molecule has 0 aliphatic rings. The molecule has 0 saturated carbocycles. The molecule has 1 aromatic carbocycles. The van der Waals surface area contributed by atoms with Crippen LogP contribution in [0.2, 0.25) is 0 Å². The number of nitro groups is 1. The predicted octanol–water partition coefficient (Wildman–Crippen LogP) is 1.95. The number of para-hydroxylation sites is 1. The highest BCUT2D eigenvalue weighted by molar-refractivity contribution is 5.69. The summed E-state index contributed by atoms with van der Waals surface area (Å²) in [6.45, 7) is 0.391. The Morgan fingerprint density at radius 1 is 1.47 bits per heavy atom. The minimum atomic E-state index is -0.441. The minimum absolute atomic E-state index is 0.0183. The van der Waals surface area contributed by atoms with Crippen molar-refractivity contribution in [2.45, 2.75) is 6.54 Å². The Kier molecular flexibility index (Phi) is 3.65. The fourth-order valence-electron chi connectivity index (χ4n) is 1.76. The van der Waals surface area contributed by atoms with Gasteiger partial charge in [0.15, 0.2) is 5.69 Å². The molecular weight excluding hydrogens is 248 g/mol. The van der Waals surface area contributed by atoms with E-state index in [1.165, 1.54) is 13.2 Å². The molecule has 1 N–H and O–H groups in total. The van der Waals surface area contributed by atoms with Crippen LogP contribution in [-0.4, -0.2) is 21.8 Å². The molecule has 2 aromatic rings. The van der Waals surface area contributed by atoms with Crippen LogP contribution in [0.1, 0.15) is 5.69 Å². The summed E-state index contributed by atoms with van der Waals surface area (Å²) in [7, 11) is 3.29. The van der Waals surface area contributed by atoms with Crippen molar-refractivity contribution >= 4 is 11.4 Å². The number of benzene rings is 1. The summed E-state index contributed by atoms with van der Waals surface area (Å²) in [5.41, 5.74) is 1.14. The van der Waals surface area contributed by atoms with Crippen LogP contribution in [0.15, 0.2) is 30.5 Å². The molecule has 0 amide bonds. The maximum atomic E-state index is 11.0. The molecule has 7 heteroatoms. The number of methoxy groups -OCH3 is 1. The minimum Gasteiger partial charge on any atom is -0.494 e. The molecule has 0 bridgehead atoms. The van der Waals surface area contributed by atoms with Crippen molar-refractivity contribution in [3.05, 3.63) is 46.3 Å². The summed E-state index contributed by atoms with van der Waals surface area (Å²) in [6, 6.07) is 6.54. The van der Waals surface area contributed by atoms with Crippen LogP contribution in [0.3, 0.4) is 0 Å². The Balaban J connectivity index is 2.25. The van der Waals surface area contributed by atoms with Gasteiger partial charge in [-0.2, -0.15) is 5.10 Å². The lowest BCUT2D eigenvalue weighted by Gasteiger charge is -2.10. The van der Waals surface area contributed by atoms with Crippen molar-refractivity contribution < 1.29 is 9.66 Å². The topological polar surface area (TPSA) is 82.2 Å². The Morgan fingerprint density at radius 2 is 2.26 bits per heavy atom. The first kappa shape index (κ1) is 12.9. The number of aryl methyl sites for hydroxylation is 1. The number of ether oxygens (including phenoxy) is 1. The molecule has 0 spiro atoms. The molecule has 0 radical (unpaired) electrons. The average Bonchev–Trinajstić information content (AvgIpc) is 2.81. The normalized spacial score (nSPS) is 10.2. The van der Waals surface area contributed by atoms with E-state index in [1.54, 1.807) is 16.8 Å². The van der Waals surface area contributed by atoms with E-state index in [4.69, 9.17) is 4.74 Å². The zero-order chi connectivity index (χ0) is 13.8. The van der Waals surface area contributed by atoms with Crippen LogP contribution in [0.5, 0.6) is 5.75 Å². The van der Waals surface area contributed by atoms with Gasteiger partial charge in [0, 0.05) is 19.3 Å².